The number of hydrogen-bond acceptors (Lipinski definition) is 4. The fourth-order valence-corrected chi connectivity index (χ4v) is 5.93. The van der Waals surface area contributed by atoms with E-state index in [-0.39, 0.29) is 22.9 Å². The third kappa shape index (κ3) is 4.91. The molecule has 0 bridgehead atoms. The molecular formula is C23H29N3O4S. The van der Waals surface area contributed by atoms with E-state index >= 15 is 0 Å². The molecule has 2 aliphatic rings. The number of amides is 1. The van der Waals surface area contributed by atoms with Crippen LogP contribution in [0.4, 0.5) is 0 Å². The SMILES string of the molecule is O=C(Cn1c(=O)ccc2cc(S(=O)(=O)N3CCCC3)ccc21)NCCC1=CCCCC1. The Bertz CT molecular complexity index is 1160. The lowest BCUT2D eigenvalue weighted by molar-refractivity contribution is -0.121. The van der Waals surface area contributed by atoms with Crippen LogP contribution < -0.4 is 10.9 Å². The maximum absolute atomic E-state index is 12.8. The first-order chi connectivity index (χ1) is 14.9. The molecule has 7 nitrogen and oxygen atoms in total. The van der Waals surface area contributed by atoms with E-state index in [1.807, 2.05) is 0 Å². The highest BCUT2D eigenvalue weighted by Gasteiger charge is 2.27. The first kappa shape index (κ1) is 21.8. The molecule has 1 aliphatic carbocycles. The van der Waals surface area contributed by atoms with Gasteiger partial charge in [0, 0.05) is 25.7 Å². The summed E-state index contributed by atoms with van der Waals surface area (Å²) in [5, 5.41) is 3.53. The van der Waals surface area contributed by atoms with Gasteiger partial charge in [-0.15, -0.1) is 0 Å². The number of sulfonamides is 1. The van der Waals surface area contributed by atoms with Gasteiger partial charge in [0.05, 0.1) is 10.4 Å². The van der Waals surface area contributed by atoms with Gasteiger partial charge in [-0.3, -0.25) is 14.2 Å². The van der Waals surface area contributed by atoms with E-state index in [9.17, 15) is 18.0 Å². The number of carbonyl (C=O) groups is 1. The molecule has 0 saturated carbocycles. The van der Waals surface area contributed by atoms with E-state index in [1.165, 1.54) is 39.4 Å². The van der Waals surface area contributed by atoms with Crippen LogP contribution in [0, 0.1) is 0 Å². The molecule has 1 N–H and O–H groups in total. The molecule has 0 spiro atoms. The average molecular weight is 444 g/mol. The number of fused-ring (bicyclic) bond motifs is 1. The summed E-state index contributed by atoms with van der Waals surface area (Å²) in [5.74, 6) is -0.222. The maximum atomic E-state index is 12.8. The van der Waals surface area contributed by atoms with Crippen molar-refractivity contribution < 1.29 is 13.2 Å². The number of nitrogens with zero attached hydrogens (tertiary/aromatic N) is 2. The van der Waals surface area contributed by atoms with Gasteiger partial charge in [-0.05, 0) is 74.6 Å². The minimum Gasteiger partial charge on any atom is -0.354 e. The lowest BCUT2D eigenvalue weighted by Crippen LogP contribution is -2.33. The summed E-state index contributed by atoms with van der Waals surface area (Å²) in [4.78, 5) is 25.1. The topological polar surface area (TPSA) is 88.5 Å². The maximum Gasteiger partial charge on any atom is 0.251 e. The van der Waals surface area contributed by atoms with Gasteiger partial charge in [0.25, 0.3) is 5.56 Å². The summed E-state index contributed by atoms with van der Waals surface area (Å²) < 4.78 is 28.6. The Hall–Kier alpha value is -2.45. The monoisotopic (exact) mass is 443 g/mol. The first-order valence-electron chi connectivity index (χ1n) is 11.0. The van der Waals surface area contributed by atoms with Gasteiger partial charge in [0.1, 0.15) is 6.54 Å². The van der Waals surface area contributed by atoms with Crippen LogP contribution in [0.3, 0.4) is 0 Å². The predicted octanol–water partition coefficient (Wildman–Crippen LogP) is 2.79. The molecule has 1 saturated heterocycles. The van der Waals surface area contributed by atoms with Crippen molar-refractivity contribution in [3.63, 3.8) is 0 Å². The van der Waals surface area contributed by atoms with Gasteiger partial charge in [-0.25, -0.2) is 8.42 Å². The van der Waals surface area contributed by atoms with Crippen molar-refractivity contribution >= 4 is 26.8 Å². The standard InChI is InChI=1S/C23H29N3O4S/c27-22(24-13-12-18-6-2-1-3-7-18)17-26-21-10-9-20(16-19(21)8-11-23(26)28)31(29,30)25-14-4-5-15-25/h6,8-11,16H,1-5,7,12-15,17H2,(H,24,27). The molecule has 166 valence electrons. The van der Waals surface area contributed by atoms with Crippen molar-refractivity contribution in [1.82, 2.24) is 14.2 Å². The van der Waals surface area contributed by atoms with Gasteiger partial charge >= 0.3 is 0 Å². The average Bonchev–Trinajstić information content (AvgIpc) is 3.32. The Kier molecular flexibility index (Phi) is 6.57. The minimum absolute atomic E-state index is 0.0898. The van der Waals surface area contributed by atoms with Crippen molar-refractivity contribution in [3.05, 3.63) is 52.3 Å². The third-order valence-electron chi connectivity index (χ3n) is 6.12. The van der Waals surface area contributed by atoms with E-state index in [1.54, 1.807) is 18.2 Å². The third-order valence-corrected chi connectivity index (χ3v) is 8.01. The zero-order valence-electron chi connectivity index (χ0n) is 17.7. The van der Waals surface area contributed by atoms with Crippen LogP contribution in [-0.4, -0.2) is 42.8 Å². The Morgan fingerprint density at radius 1 is 1.03 bits per heavy atom. The molecule has 0 atom stereocenters. The molecule has 0 radical (unpaired) electrons. The van der Waals surface area contributed by atoms with Crippen LogP contribution in [-0.2, 0) is 21.4 Å². The number of carbonyl (C=O) groups excluding carboxylic acids is 1. The Morgan fingerprint density at radius 2 is 1.84 bits per heavy atom. The molecule has 2 heterocycles. The largest absolute Gasteiger partial charge is 0.354 e. The molecule has 1 fully saturated rings. The zero-order valence-corrected chi connectivity index (χ0v) is 18.5. The molecule has 1 amide bonds. The minimum atomic E-state index is -3.54. The van der Waals surface area contributed by atoms with Crippen LogP contribution in [0.2, 0.25) is 0 Å². The number of hydrogen-bond donors (Lipinski definition) is 1. The van der Waals surface area contributed by atoms with Gasteiger partial charge in [0.15, 0.2) is 0 Å². The fraction of sp³-hybridized carbons (Fsp3) is 0.478. The lowest BCUT2D eigenvalue weighted by atomic mass is 9.97. The molecule has 1 aromatic heterocycles. The van der Waals surface area contributed by atoms with Crippen molar-refractivity contribution in [3.8, 4) is 0 Å². The molecule has 1 aliphatic heterocycles. The van der Waals surface area contributed by atoms with E-state index in [4.69, 9.17) is 0 Å². The number of allylic oxidation sites excluding steroid dienone is 1. The van der Waals surface area contributed by atoms with Gasteiger partial charge in [-0.1, -0.05) is 11.6 Å². The van der Waals surface area contributed by atoms with Crippen LogP contribution in [0.1, 0.15) is 44.9 Å². The van der Waals surface area contributed by atoms with E-state index in [2.05, 4.69) is 11.4 Å². The quantitative estimate of drug-likeness (QED) is 0.667. The normalized spacial score (nSPS) is 17.6. The highest BCUT2D eigenvalue weighted by atomic mass is 32.2. The summed E-state index contributed by atoms with van der Waals surface area (Å²) in [7, 11) is -3.54. The predicted molar refractivity (Wildman–Crippen MR) is 120 cm³/mol. The summed E-state index contributed by atoms with van der Waals surface area (Å²) >= 11 is 0. The van der Waals surface area contributed by atoms with Crippen LogP contribution in [0.25, 0.3) is 10.9 Å². The zero-order chi connectivity index (χ0) is 21.8. The molecular weight excluding hydrogens is 414 g/mol. The second kappa shape index (κ2) is 9.36. The van der Waals surface area contributed by atoms with E-state index in [0.29, 0.717) is 30.5 Å². The number of nitrogens with one attached hydrogen (secondary N) is 1. The Balaban J connectivity index is 1.49. The molecule has 0 unspecified atom stereocenters. The number of pyridine rings is 1. The Labute approximate surface area is 182 Å². The number of benzene rings is 1. The van der Waals surface area contributed by atoms with Crippen LogP contribution in [0.15, 0.2) is 51.7 Å². The molecule has 4 rings (SSSR count). The van der Waals surface area contributed by atoms with E-state index in [0.717, 1.165) is 32.1 Å². The van der Waals surface area contributed by atoms with Crippen LogP contribution in [0.5, 0.6) is 0 Å². The molecule has 31 heavy (non-hydrogen) atoms. The van der Waals surface area contributed by atoms with Gasteiger partial charge in [-0.2, -0.15) is 4.31 Å². The van der Waals surface area contributed by atoms with Gasteiger partial charge in [0.2, 0.25) is 15.9 Å². The first-order valence-corrected chi connectivity index (χ1v) is 12.5. The molecule has 8 heteroatoms. The highest BCUT2D eigenvalue weighted by Crippen LogP contribution is 2.24. The van der Waals surface area contributed by atoms with Crippen molar-refractivity contribution in [2.45, 2.75) is 56.4 Å². The lowest BCUT2D eigenvalue weighted by Gasteiger charge is -2.17. The van der Waals surface area contributed by atoms with Crippen LogP contribution >= 0.6 is 0 Å². The molecule has 1 aromatic carbocycles. The summed E-state index contributed by atoms with van der Waals surface area (Å²) in [5.41, 5.74) is 1.66. The van der Waals surface area contributed by atoms with Gasteiger partial charge < -0.3 is 5.32 Å². The van der Waals surface area contributed by atoms with Crippen molar-refractivity contribution in [2.75, 3.05) is 19.6 Å². The number of aromatic nitrogens is 1. The smallest absolute Gasteiger partial charge is 0.251 e. The summed E-state index contributed by atoms with van der Waals surface area (Å²) in [6.45, 7) is 1.55. The second-order valence-electron chi connectivity index (χ2n) is 8.30. The summed E-state index contributed by atoms with van der Waals surface area (Å²) in [6.07, 6.45) is 9.51. The van der Waals surface area contributed by atoms with Crippen molar-refractivity contribution in [1.29, 1.82) is 0 Å². The molecule has 2 aromatic rings. The highest BCUT2D eigenvalue weighted by molar-refractivity contribution is 7.89. The van der Waals surface area contributed by atoms with Crippen molar-refractivity contribution in [2.24, 2.45) is 0 Å². The Morgan fingerprint density at radius 3 is 2.58 bits per heavy atom. The second-order valence-corrected chi connectivity index (χ2v) is 10.2. The fourth-order valence-electron chi connectivity index (χ4n) is 4.38. The van der Waals surface area contributed by atoms with E-state index < -0.39 is 10.0 Å². The number of rotatable bonds is 7. The summed E-state index contributed by atoms with van der Waals surface area (Å²) in [6, 6.07) is 7.74.